The lowest BCUT2D eigenvalue weighted by Gasteiger charge is -2.10. The van der Waals surface area contributed by atoms with Crippen LogP contribution in [0, 0.1) is 13.8 Å². The lowest BCUT2D eigenvalue weighted by atomic mass is 10.2. The lowest BCUT2D eigenvalue weighted by Crippen LogP contribution is -2.13. The van der Waals surface area contributed by atoms with E-state index in [9.17, 15) is 0 Å². The number of pyridine rings is 1. The van der Waals surface area contributed by atoms with Gasteiger partial charge in [0.05, 0.1) is 16.9 Å². The van der Waals surface area contributed by atoms with Gasteiger partial charge in [0.1, 0.15) is 10.8 Å². The van der Waals surface area contributed by atoms with E-state index in [0.717, 1.165) is 22.6 Å². The van der Waals surface area contributed by atoms with Crippen molar-refractivity contribution in [3.63, 3.8) is 0 Å². The van der Waals surface area contributed by atoms with Crippen LogP contribution in [0.4, 0.5) is 11.5 Å². The van der Waals surface area contributed by atoms with Crippen molar-refractivity contribution < 1.29 is 0 Å². The molecule has 2 heterocycles. The highest BCUT2D eigenvalue weighted by atomic mass is 32.1. The second kappa shape index (κ2) is 4.73. The van der Waals surface area contributed by atoms with Crippen molar-refractivity contribution in [2.45, 2.75) is 13.8 Å². The van der Waals surface area contributed by atoms with Crippen LogP contribution < -0.4 is 11.1 Å². The van der Waals surface area contributed by atoms with Crippen LogP contribution >= 0.6 is 12.2 Å². The molecule has 0 saturated heterocycles. The van der Waals surface area contributed by atoms with Gasteiger partial charge >= 0.3 is 0 Å². The van der Waals surface area contributed by atoms with E-state index >= 15 is 0 Å². The van der Waals surface area contributed by atoms with Crippen molar-refractivity contribution in [3.05, 3.63) is 35.3 Å². The fraction of sp³-hybridized carbons (Fsp3) is 0.250. The van der Waals surface area contributed by atoms with Crippen LogP contribution in [0.15, 0.2) is 18.3 Å². The molecule has 2 aromatic rings. The van der Waals surface area contributed by atoms with Crippen molar-refractivity contribution in [1.29, 1.82) is 0 Å². The summed E-state index contributed by atoms with van der Waals surface area (Å²) in [7, 11) is 1.87. The zero-order valence-electron chi connectivity index (χ0n) is 10.6. The van der Waals surface area contributed by atoms with E-state index < -0.39 is 0 Å². The molecule has 18 heavy (non-hydrogen) atoms. The molecule has 2 aromatic heterocycles. The molecule has 0 aromatic carbocycles. The molecule has 3 N–H and O–H groups in total. The number of rotatable bonds is 3. The van der Waals surface area contributed by atoms with Gasteiger partial charge in [0.15, 0.2) is 0 Å². The normalized spacial score (nSPS) is 10.4. The molecular formula is C12H15N5S. The van der Waals surface area contributed by atoms with E-state index in [-0.39, 0.29) is 0 Å². The molecule has 6 heteroatoms. The Morgan fingerprint density at radius 1 is 1.39 bits per heavy atom. The summed E-state index contributed by atoms with van der Waals surface area (Å²) >= 11 is 5.02. The molecule has 0 aliphatic rings. The number of thiocarbonyl (C=S) groups is 1. The predicted molar refractivity (Wildman–Crippen MR) is 76.1 cm³/mol. The summed E-state index contributed by atoms with van der Waals surface area (Å²) in [5.74, 6) is 0.665. The van der Waals surface area contributed by atoms with Gasteiger partial charge < -0.3 is 11.1 Å². The minimum atomic E-state index is 0.326. The lowest BCUT2D eigenvalue weighted by molar-refractivity contribution is 0.756. The Hall–Kier alpha value is -1.95. The quantitative estimate of drug-likeness (QED) is 0.825. The van der Waals surface area contributed by atoms with Crippen LogP contribution in [0.25, 0.3) is 0 Å². The number of aromatic nitrogens is 3. The number of hydrogen-bond acceptors (Lipinski definition) is 4. The summed E-state index contributed by atoms with van der Waals surface area (Å²) in [4.78, 5) is 4.75. The smallest absolute Gasteiger partial charge is 0.140 e. The first kappa shape index (κ1) is 12.5. The first-order chi connectivity index (χ1) is 8.47. The SMILES string of the molecule is Cc1ccc(C(N)=S)c(Nc2cn(C)nc2C)n1. The van der Waals surface area contributed by atoms with Gasteiger partial charge in [0, 0.05) is 18.9 Å². The first-order valence-electron chi connectivity index (χ1n) is 5.52. The van der Waals surface area contributed by atoms with Gasteiger partial charge in [-0.2, -0.15) is 5.10 Å². The van der Waals surface area contributed by atoms with E-state index in [0.29, 0.717) is 10.8 Å². The first-order valence-corrected chi connectivity index (χ1v) is 5.93. The second-order valence-corrected chi connectivity index (χ2v) is 4.58. The topological polar surface area (TPSA) is 68.8 Å². The highest BCUT2D eigenvalue weighted by Gasteiger charge is 2.10. The van der Waals surface area contributed by atoms with Crippen molar-refractivity contribution in [1.82, 2.24) is 14.8 Å². The Morgan fingerprint density at radius 3 is 2.67 bits per heavy atom. The van der Waals surface area contributed by atoms with Crippen molar-refractivity contribution in [2.24, 2.45) is 12.8 Å². The molecule has 5 nitrogen and oxygen atoms in total. The van der Waals surface area contributed by atoms with Crippen LogP contribution in [0.1, 0.15) is 17.0 Å². The molecule has 0 amide bonds. The van der Waals surface area contributed by atoms with Crippen molar-refractivity contribution in [3.8, 4) is 0 Å². The van der Waals surface area contributed by atoms with Crippen LogP contribution in [0.2, 0.25) is 0 Å². The highest BCUT2D eigenvalue weighted by molar-refractivity contribution is 7.80. The van der Waals surface area contributed by atoms with Gasteiger partial charge in [-0.05, 0) is 26.0 Å². The van der Waals surface area contributed by atoms with Crippen molar-refractivity contribution >= 4 is 28.7 Å². The molecule has 0 bridgehead atoms. The average molecular weight is 261 g/mol. The molecule has 0 fully saturated rings. The molecular weight excluding hydrogens is 246 g/mol. The molecule has 94 valence electrons. The Bertz CT molecular complexity index is 603. The highest BCUT2D eigenvalue weighted by Crippen LogP contribution is 2.21. The molecule has 0 aliphatic heterocycles. The maximum atomic E-state index is 5.69. The third kappa shape index (κ3) is 2.48. The molecule has 0 saturated carbocycles. The Balaban J connectivity index is 2.42. The number of hydrogen-bond donors (Lipinski definition) is 2. The van der Waals surface area contributed by atoms with E-state index in [1.54, 1.807) is 4.68 Å². The van der Waals surface area contributed by atoms with Gasteiger partial charge in [0.25, 0.3) is 0 Å². The molecule has 2 rings (SSSR count). The maximum Gasteiger partial charge on any atom is 0.140 e. The zero-order chi connectivity index (χ0) is 13.3. The standard InChI is InChI=1S/C12H15N5S/c1-7-4-5-9(11(13)18)12(14-7)15-10-6-17(3)16-8(10)2/h4-6H,1-3H3,(H2,13,18)(H,14,15). The summed E-state index contributed by atoms with van der Waals surface area (Å²) in [6.07, 6.45) is 1.89. The third-order valence-corrected chi connectivity index (χ3v) is 2.79. The fourth-order valence-corrected chi connectivity index (χ4v) is 1.87. The predicted octanol–water partition coefficient (Wildman–Crippen LogP) is 1.81. The average Bonchev–Trinajstić information content (AvgIpc) is 2.57. The van der Waals surface area contributed by atoms with E-state index in [2.05, 4.69) is 15.4 Å². The number of nitrogens with zero attached hydrogens (tertiary/aromatic N) is 3. The Labute approximate surface area is 111 Å². The fourth-order valence-electron chi connectivity index (χ4n) is 1.70. The number of nitrogens with one attached hydrogen (secondary N) is 1. The van der Waals surface area contributed by atoms with E-state index in [1.165, 1.54) is 0 Å². The minimum absolute atomic E-state index is 0.326. The Morgan fingerprint density at radius 2 is 2.11 bits per heavy atom. The molecule has 0 spiro atoms. The summed E-state index contributed by atoms with van der Waals surface area (Å²) in [6, 6.07) is 3.76. The second-order valence-electron chi connectivity index (χ2n) is 4.14. The van der Waals surface area contributed by atoms with Gasteiger partial charge in [-0.3, -0.25) is 4.68 Å². The van der Waals surface area contributed by atoms with Gasteiger partial charge in [-0.15, -0.1) is 0 Å². The van der Waals surface area contributed by atoms with Gasteiger partial charge in [-0.25, -0.2) is 4.98 Å². The summed E-state index contributed by atoms with van der Waals surface area (Å²) in [5.41, 5.74) is 9.12. The number of anilines is 2. The summed E-state index contributed by atoms with van der Waals surface area (Å²) < 4.78 is 1.74. The summed E-state index contributed by atoms with van der Waals surface area (Å²) in [6.45, 7) is 3.85. The van der Waals surface area contributed by atoms with Crippen LogP contribution in [0.5, 0.6) is 0 Å². The van der Waals surface area contributed by atoms with Crippen LogP contribution in [-0.4, -0.2) is 19.8 Å². The van der Waals surface area contributed by atoms with Crippen LogP contribution in [0.3, 0.4) is 0 Å². The monoisotopic (exact) mass is 261 g/mol. The maximum absolute atomic E-state index is 5.69. The molecule has 0 radical (unpaired) electrons. The Kier molecular flexibility index (Phi) is 3.29. The van der Waals surface area contributed by atoms with Crippen LogP contribution in [-0.2, 0) is 7.05 Å². The van der Waals surface area contributed by atoms with Gasteiger partial charge in [-0.1, -0.05) is 12.2 Å². The summed E-state index contributed by atoms with van der Waals surface area (Å²) in [5, 5.41) is 7.49. The zero-order valence-corrected chi connectivity index (χ0v) is 11.4. The molecule has 0 unspecified atom stereocenters. The molecule has 0 atom stereocenters. The number of aryl methyl sites for hydroxylation is 3. The molecule has 0 aliphatic carbocycles. The van der Waals surface area contributed by atoms with Crippen molar-refractivity contribution in [2.75, 3.05) is 5.32 Å². The minimum Gasteiger partial charge on any atom is -0.389 e. The van der Waals surface area contributed by atoms with E-state index in [4.69, 9.17) is 18.0 Å². The van der Waals surface area contributed by atoms with E-state index in [1.807, 2.05) is 39.2 Å². The number of nitrogens with two attached hydrogens (primary N) is 1. The largest absolute Gasteiger partial charge is 0.389 e. The van der Waals surface area contributed by atoms with Gasteiger partial charge in [0.2, 0.25) is 0 Å². The third-order valence-electron chi connectivity index (χ3n) is 2.57.